The van der Waals surface area contributed by atoms with Crippen LogP contribution in [0.1, 0.15) is 21.5 Å². The highest BCUT2D eigenvalue weighted by Gasteiger charge is 2.16. The molecule has 1 N–H and O–H groups in total. The minimum absolute atomic E-state index is 0.0524. The number of amides is 1. The van der Waals surface area contributed by atoms with Crippen molar-refractivity contribution in [3.8, 4) is 0 Å². The van der Waals surface area contributed by atoms with Crippen LogP contribution in [0.25, 0.3) is 0 Å². The molecule has 0 saturated carbocycles. The van der Waals surface area contributed by atoms with Gasteiger partial charge in [-0.05, 0) is 30.7 Å². The van der Waals surface area contributed by atoms with Crippen LogP contribution < -0.4 is 5.32 Å². The van der Waals surface area contributed by atoms with Gasteiger partial charge in [0.25, 0.3) is 5.91 Å². The van der Waals surface area contributed by atoms with Gasteiger partial charge in [-0.1, -0.05) is 41.4 Å². The number of rotatable bonds is 4. The minimum Gasteiger partial charge on any atom is -0.387 e. The molecule has 0 bridgehead atoms. The first-order valence-corrected chi connectivity index (χ1v) is 7.17. The summed E-state index contributed by atoms with van der Waals surface area (Å²) in [7, 11) is 3.59. The van der Waals surface area contributed by atoms with Gasteiger partial charge in [0.05, 0.1) is 5.56 Å². The second kappa shape index (κ2) is 6.64. The van der Waals surface area contributed by atoms with E-state index in [1.54, 1.807) is 31.1 Å². The molecule has 0 radical (unpaired) electrons. The van der Waals surface area contributed by atoms with Gasteiger partial charge < -0.3 is 10.2 Å². The Bertz CT molecular complexity index is 655. The second-order valence-corrected chi connectivity index (χ2v) is 5.53. The van der Waals surface area contributed by atoms with Crippen molar-refractivity contribution in [1.82, 2.24) is 4.90 Å². The first kappa shape index (κ1) is 15.4. The van der Waals surface area contributed by atoms with Crippen LogP contribution in [0.3, 0.4) is 0 Å². The summed E-state index contributed by atoms with van der Waals surface area (Å²) in [4.78, 5) is 14.3. The van der Waals surface area contributed by atoms with Gasteiger partial charge in [-0.3, -0.25) is 4.79 Å². The average Bonchev–Trinajstić information content (AvgIpc) is 2.46. The maximum Gasteiger partial charge on any atom is 0.256 e. The summed E-state index contributed by atoms with van der Waals surface area (Å²) in [5, 5.41) is 3.58. The van der Waals surface area contributed by atoms with Gasteiger partial charge in [0, 0.05) is 31.4 Å². The van der Waals surface area contributed by atoms with Crippen molar-refractivity contribution in [3.63, 3.8) is 0 Å². The lowest BCUT2D eigenvalue weighted by molar-refractivity contribution is 0.0786. The molecule has 0 unspecified atom stereocenters. The fourth-order valence-electron chi connectivity index (χ4n) is 2.27. The summed E-state index contributed by atoms with van der Waals surface area (Å²) in [6.07, 6.45) is 0. The van der Waals surface area contributed by atoms with Gasteiger partial charge in [-0.2, -0.15) is 0 Å². The highest BCUT2D eigenvalue weighted by Crippen LogP contribution is 2.22. The van der Waals surface area contributed by atoms with Crippen molar-refractivity contribution in [2.75, 3.05) is 19.4 Å². The molecule has 4 heteroatoms. The molecule has 0 spiro atoms. The molecule has 2 rings (SSSR count). The Morgan fingerprint density at radius 3 is 2.67 bits per heavy atom. The summed E-state index contributed by atoms with van der Waals surface area (Å²) in [5.41, 5.74) is 3.66. The average molecular weight is 303 g/mol. The second-order valence-electron chi connectivity index (χ2n) is 5.09. The molecule has 0 aliphatic carbocycles. The summed E-state index contributed by atoms with van der Waals surface area (Å²) < 4.78 is 0. The molecule has 0 saturated heterocycles. The van der Waals surface area contributed by atoms with Gasteiger partial charge in [0.1, 0.15) is 0 Å². The van der Waals surface area contributed by atoms with Crippen LogP contribution in [0.5, 0.6) is 0 Å². The predicted octanol–water partition coefficient (Wildman–Crippen LogP) is 3.96. The maximum absolute atomic E-state index is 12.6. The van der Waals surface area contributed by atoms with E-state index in [0.29, 0.717) is 17.1 Å². The van der Waals surface area contributed by atoms with Gasteiger partial charge in [0.2, 0.25) is 0 Å². The molecule has 0 aliphatic heterocycles. The number of halogens is 1. The van der Waals surface area contributed by atoms with Crippen molar-refractivity contribution in [3.05, 3.63) is 64.2 Å². The van der Waals surface area contributed by atoms with Crippen molar-refractivity contribution in [1.29, 1.82) is 0 Å². The first-order chi connectivity index (χ1) is 10.0. The molecule has 3 nitrogen and oxygen atoms in total. The Morgan fingerprint density at radius 2 is 2.00 bits per heavy atom. The lowest BCUT2D eigenvalue weighted by Gasteiger charge is -2.19. The molecule has 1 amide bonds. The number of hydrogen-bond donors (Lipinski definition) is 1. The van der Waals surface area contributed by atoms with Crippen LogP contribution >= 0.6 is 11.6 Å². The highest BCUT2D eigenvalue weighted by molar-refractivity contribution is 6.31. The van der Waals surface area contributed by atoms with E-state index in [-0.39, 0.29) is 5.91 Å². The zero-order valence-electron chi connectivity index (χ0n) is 12.5. The highest BCUT2D eigenvalue weighted by atomic mass is 35.5. The number of nitrogens with zero attached hydrogens (tertiary/aromatic N) is 1. The third kappa shape index (κ3) is 3.76. The fourth-order valence-corrected chi connectivity index (χ4v) is 2.45. The van der Waals surface area contributed by atoms with E-state index >= 15 is 0 Å². The Kier molecular flexibility index (Phi) is 4.86. The Hall–Kier alpha value is -2.00. The van der Waals surface area contributed by atoms with Crippen LogP contribution in [-0.4, -0.2) is 24.9 Å². The zero-order chi connectivity index (χ0) is 15.4. The van der Waals surface area contributed by atoms with E-state index < -0.39 is 0 Å². The molecular weight excluding hydrogens is 284 g/mol. The summed E-state index contributed by atoms with van der Waals surface area (Å²) >= 11 is 6.01. The van der Waals surface area contributed by atoms with Crippen LogP contribution in [0.4, 0.5) is 5.69 Å². The molecule has 0 aliphatic rings. The molecule has 0 heterocycles. The summed E-state index contributed by atoms with van der Waals surface area (Å²) in [6, 6.07) is 13.4. The lowest BCUT2D eigenvalue weighted by atomic mass is 10.1. The molecule has 0 atom stereocenters. The van der Waals surface area contributed by atoms with Gasteiger partial charge in [-0.15, -0.1) is 0 Å². The monoisotopic (exact) mass is 302 g/mol. The Labute approximate surface area is 130 Å². The Balaban J connectivity index is 2.21. The lowest BCUT2D eigenvalue weighted by Crippen LogP contribution is -2.27. The number of hydrogen-bond acceptors (Lipinski definition) is 2. The third-order valence-electron chi connectivity index (χ3n) is 3.33. The molecule has 2 aromatic rings. The normalized spacial score (nSPS) is 10.3. The number of anilines is 1. The molecule has 2 aromatic carbocycles. The van der Waals surface area contributed by atoms with E-state index in [2.05, 4.69) is 11.4 Å². The third-order valence-corrected chi connectivity index (χ3v) is 3.57. The summed E-state index contributed by atoms with van der Waals surface area (Å²) in [6.45, 7) is 2.61. The molecular formula is C17H19ClN2O. The number of nitrogens with one attached hydrogen (secondary N) is 1. The van der Waals surface area contributed by atoms with Crippen LogP contribution in [0.2, 0.25) is 5.02 Å². The molecule has 0 fully saturated rings. The SMILES string of the molecule is CNc1ccc(Cl)cc1C(=O)N(C)Cc1cccc(C)c1. The van der Waals surface area contributed by atoms with Crippen molar-refractivity contribution < 1.29 is 4.79 Å². The van der Waals surface area contributed by atoms with Gasteiger partial charge >= 0.3 is 0 Å². The standard InChI is InChI=1S/C17H19ClN2O/c1-12-5-4-6-13(9-12)11-20(3)17(21)15-10-14(18)7-8-16(15)19-2/h4-10,19H,11H2,1-3H3. The number of aryl methyl sites for hydroxylation is 1. The molecule has 0 aromatic heterocycles. The van der Waals surface area contributed by atoms with E-state index in [4.69, 9.17) is 11.6 Å². The van der Waals surface area contributed by atoms with Crippen molar-refractivity contribution >= 4 is 23.2 Å². The van der Waals surface area contributed by atoms with E-state index in [1.807, 2.05) is 31.2 Å². The van der Waals surface area contributed by atoms with Crippen LogP contribution in [-0.2, 0) is 6.54 Å². The largest absolute Gasteiger partial charge is 0.387 e. The van der Waals surface area contributed by atoms with E-state index in [0.717, 1.165) is 11.3 Å². The van der Waals surface area contributed by atoms with Crippen LogP contribution in [0.15, 0.2) is 42.5 Å². The van der Waals surface area contributed by atoms with Crippen molar-refractivity contribution in [2.24, 2.45) is 0 Å². The topological polar surface area (TPSA) is 32.3 Å². The van der Waals surface area contributed by atoms with Crippen LogP contribution in [0, 0.1) is 6.92 Å². The van der Waals surface area contributed by atoms with E-state index in [9.17, 15) is 4.79 Å². The first-order valence-electron chi connectivity index (χ1n) is 6.79. The smallest absolute Gasteiger partial charge is 0.256 e. The quantitative estimate of drug-likeness (QED) is 0.927. The minimum atomic E-state index is -0.0524. The maximum atomic E-state index is 12.6. The Morgan fingerprint density at radius 1 is 1.24 bits per heavy atom. The number of carbonyl (C=O) groups is 1. The fraction of sp³-hybridized carbons (Fsp3) is 0.235. The number of benzene rings is 2. The number of carbonyl (C=O) groups excluding carboxylic acids is 1. The molecule has 110 valence electrons. The summed E-state index contributed by atoms with van der Waals surface area (Å²) in [5.74, 6) is -0.0524. The van der Waals surface area contributed by atoms with Gasteiger partial charge in [-0.25, -0.2) is 0 Å². The van der Waals surface area contributed by atoms with Gasteiger partial charge in [0.15, 0.2) is 0 Å². The van der Waals surface area contributed by atoms with E-state index in [1.165, 1.54) is 5.56 Å². The predicted molar refractivity (Wildman–Crippen MR) is 88.0 cm³/mol. The molecule has 21 heavy (non-hydrogen) atoms. The van der Waals surface area contributed by atoms with Crippen molar-refractivity contribution in [2.45, 2.75) is 13.5 Å². The zero-order valence-corrected chi connectivity index (χ0v) is 13.2.